The molecule has 1 unspecified atom stereocenters. The second-order valence-corrected chi connectivity index (χ2v) is 7.51. The van der Waals surface area contributed by atoms with Gasteiger partial charge < -0.3 is 10.5 Å². The Bertz CT molecular complexity index is 579. The highest BCUT2D eigenvalue weighted by atomic mass is 32.2. The van der Waals surface area contributed by atoms with Crippen molar-refractivity contribution in [3.8, 4) is 0 Å². The van der Waals surface area contributed by atoms with Gasteiger partial charge in [0.05, 0.1) is 16.5 Å². The van der Waals surface area contributed by atoms with Crippen LogP contribution in [-0.2, 0) is 21.2 Å². The summed E-state index contributed by atoms with van der Waals surface area (Å²) in [5.41, 5.74) is 6.37. The molecule has 0 radical (unpaired) electrons. The van der Waals surface area contributed by atoms with Gasteiger partial charge in [0, 0.05) is 19.6 Å². The molecular weight excluding hydrogens is 308 g/mol. The fourth-order valence-electron chi connectivity index (χ4n) is 2.27. The van der Waals surface area contributed by atoms with Crippen LogP contribution < -0.4 is 10.5 Å². The van der Waals surface area contributed by atoms with Crippen molar-refractivity contribution < 1.29 is 13.2 Å². The van der Waals surface area contributed by atoms with Gasteiger partial charge in [-0.1, -0.05) is 24.4 Å². The summed E-state index contributed by atoms with van der Waals surface area (Å²) in [6.07, 6.45) is 2.46. The molecule has 1 aliphatic rings. The predicted octanol–water partition coefficient (Wildman–Crippen LogP) is 1.22. The van der Waals surface area contributed by atoms with Gasteiger partial charge in [0.1, 0.15) is 0 Å². The van der Waals surface area contributed by atoms with Crippen LogP contribution in [0.5, 0.6) is 0 Å². The lowest BCUT2D eigenvalue weighted by Crippen LogP contribution is -2.33. The van der Waals surface area contributed by atoms with Gasteiger partial charge in [-0.05, 0) is 36.5 Å². The minimum absolute atomic E-state index is 0.252. The first-order valence-corrected chi connectivity index (χ1v) is 8.81. The Morgan fingerprint density at radius 3 is 2.67 bits per heavy atom. The maximum absolute atomic E-state index is 12.2. The van der Waals surface area contributed by atoms with E-state index in [1.807, 2.05) is 0 Å². The Morgan fingerprint density at radius 1 is 1.38 bits per heavy atom. The first-order chi connectivity index (χ1) is 9.97. The zero-order valence-corrected chi connectivity index (χ0v) is 13.4. The van der Waals surface area contributed by atoms with Crippen molar-refractivity contribution in [2.45, 2.75) is 24.2 Å². The summed E-state index contributed by atoms with van der Waals surface area (Å²) < 4.78 is 32.4. The van der Waals surface area contributed by atoms with E-state index in [1.54, 1.807) is 24.3 Å². The summed E-state index contributed by atoms with van der Waals surface area (Å²) in [4.78, 5) is 0.645. The lowest BCUT2D eigenvalue weighted by Gasteiger charge is -2.22. The highest BCUT2D eigenvalue weighted by Crippen LogP contribution is 2.15. The molecule has 3 N–H and O–H groups in total. The molecular formula is C14H20N2O3S2. The van der Waals surface area contributed by atoms with E-state index in [0.29, 0.717) is 24.6 Å². The molecule has 1 aromatic carbocycles. The number of nitrogens with two attached hydrogens (primary N) is 1. The number of ether oxygens (including phenoxy) is 1. The van der Waals surface area contributed by atoms with Crippen LogP contribution in [0.25, 0.3) is 0 Å². The first kappa shape index (κ1) is 16.4. The lowest BCUT2D eigenvalue weighted by molar-refractivity contribution is 0.0568. The average Bonchev–Trinajstić information content (AvgIpc) is 2.46. The molecule has 116 valence electrons. The molecule has 0 amide bonds. The Kier molecular flexibility index (Phi) is 5.69. The van der Waals surface area contributed by atoms with Crippen LogP contribution in [-0.4, -0.2) is 33.2 Å². The largest absolute Gasteiger partial charge is 0.393 e. The summed E-state index contributed by atoms with van der Waals surface area (Å²) in [5.74, 6) is 0.252. The normalized spacial score (nSPS) is 19.3. The van der Waals surface area contributed by atoms with Crippen LogP contribution in [0.2, 0.25) is 0 Å². The van der Waals surface area contributed by atoms with Gasteiger partial charge in [-0.3, -0.25) is 0 Å². The number of sulfonamides is 1. The molecule has 0 saturated carbocycles. The fourth-order valence-corrected chi connectivity index (χ4v) is 3.55. The predicted molar refractivity (Wildman–Crippen MR) is 85.7 cm³/mol. The van der Waals surface area contributed by atoms with E-state index in [9.17, 15) is 8.42 Å². The third-order valence-electron chi connectivity index (χ3n) is 3.43. The molecule has 1 fully saturated rings. The third-order valence-corrected chi connectivity index (χ3v) is 5.01. The Morgan fingerprint density at radius 2 is 2.10 bits per heavy atom. The number of nitrogens with one attached hydrogen (secondary N) is 1. The van der Waals surface area contributed by atoms with E-state index >= 15 is 0 Å². The van der Waals surface area contributed by atoms with Crippen molar-refractivity contribution in [2.24, 2.45) is 11.7 Å². The molecule has 1 atom stereocenters. The summed E-state index contributed by atoms with van der Waals surface area (Å²) in [5, 5.41) is 0. The number of thiocarbonyl (C=S) groups is 1. The zero-order chi connectivity index (χ0) is 15.3. The highest BCUT2D eigenvalue weighted by molar-refractivity contribution is 7.89. The fraction of sp³-hybridized carbons (Fsp3) is 0.500. The molecule has 7 heteroatoms. The first-order valence-electron chi connectivity index (χ1n) is 6.92. The maximum atomic E-state index is 12.2. The van der Waals surface area contributed by atoms with Crippen molar-refractivity contribution in [3.63, 3.8) is 0 Å². The van der Waals surface area contributed by atoms with E-state index in [4.69, 9.17) is 22.7 Å². The minimum atomic E-state index is -3.47. The van der Waals surface area contributed by atoms with E-state index in [2.05, 4.69) is 4.72 Å². The molecule has 1 heterocycles. The van der Waals surface area contributed by atoms with Gasteiger partial charge >= 0.3 is 0 Å². The molecule has 0 bridgehead atoms. The average molecular weight is 328 g/mol. The van der Waals surface area contributed by atoms with Gasteiger partial charge in [-0.2, -0.15) is 0 Å². The summed E-state index contributed by atoms with van der Waals surface area (Å²) in [7, 11) is -3.47. The molecule has 1 saturated heterocycles. The van der Waals surface area contributed by atoms with Crippen LogP contribution >= 0.6 is 12.2 Å². The number of rotatable bonds is 6. The van der Waals surface area contributed by atoms with Crippen LogP contribution in [0, 0.1) is 5.92 Å². The van der Waals surface area contributed by atoms with Gasteiger partial charge in [-0.15, -0.1) is 0 Å². The molecule has 0 aromatic heterocycles. The monoisotopic (exact) mass is 328 g/mol. The van der Waals surface area contributed by atoms with E-state index in [0.717, 1.165) is 25.0 Å². The van der Waals surface area contributed by atoms with Gasteiger partial charge in [-0.25, -0.2) is 13.1 Å². The Hall–Kier alpha value is -1.02. The van der Waals surface area contributed by atoms with E-state index in [1.165, 1.54) is 0 Å². The molecule has 1 aliphatic heterocycles. The van der Waals surface area contributed by atoms with Crippen molar-refractivity contribution in [1.82, 2.24) is 4.72 Å². The van der Waals surface area contributed by atoms with Crippen molar-refractivity contribution in [1.29, 1.82) is 0 Å². The van der Waals surface area contributed by atoms with Crippen LogP contribution in [0.4, 0.5) is 0 Å². The second kappa shape index (κ2) is 7.31. The smallest absolute Gasteiger partial charge is 0.240 e. The zero-order valence-electron chi connectivity index (χ0n) is 11.7. The maximum Gasteiger partial charge on any atom is 0.240 e. The minimum Gasteiger partial charge on any atom is -0.393 e. The van der Waals surface area contributed by atoms with Gasteiger partial charge in [0.15, 0.2) is 0 Å². The van der Waals surface area contributed by atoms with Crippen LogP contribution in [0.15, 0.2) is 29.2 Å². The number of hydrogen-bond donors (Lipinski definition) is 2. The van der Waals surface area contributed by atoms with Gasteiger partial charge in [0.25, 0.3) is 0 Å². The van der Waals surface area contributed by atoms with Crippen molar-refractivity contribution in [3.05, 3.63) is 29.8 Å². The van der Waals surface area contributed by atoms with E-state index < -0.39 is 10.0 Å². The molecule has 0 spiro atoms. The Labute approximate surface area is 130 Å². The standard InChI is InChI=1S/C14H20N2O3S2/c15-14(20)8-11-3-5-13(6-4-11)21(17,18)16-9-12-2-1-7-19-10-12/h3-6,12,16H,1-2,7-10H2,(H2,15,20). The topological polar surface area (TPSA) is 81.4 Å². The molecule has 0 aliphatic carbocycles. The quantitative estimate of drug-likeness (QED) is 0.768. The Balaban J connectivity index is 1.96. The summed E-state index contributed by atoms with van der Waals surface area (Å²) >= 11 is 4.83. The second-order valence-electron chi connectivity index (χ2n) is 5.22. The lowest BCUT2D eigenvalue weighted by atomic mass is 10.0. The summed E-state index contributed by atoms with van der Waals surface area (Å²) in [6.45, 7) is 1.81. The molecule has 1 aromatic rings. The van der Waals surface area contributed by atoms with E-state index in [-0.39, 0.29) is 10.8 Å². The molecule has 5 nitrogen and oxygen atoms in total. The SMILES string of the molecule is NC(=S)Cc1ccc(S(=O)(=O)NCC2CCCOC2)cc1. The molecule has 2 rings (SSSR count). The van der Waals surface area contributed by atoms with Gasteiger partial charge in [0.2, 0.25) is 10.0 Å². The number of hydrogen-bond acceptors (Lipinski definition) is 4. The van der Waals surface area contributed by atoms with Crippen LogP contribution in [0.3, 0.4) is 0 Å². The van der Waals surface area contributed by atoms with Crippen LogP contribution in [0.1, 0.15) is 18.4 Å². The van der Waals surface area contributed by atoms with Crippen molar-refractivity contribution >= 4 is 27.2 Å². The van der Waals surface area contributed by atoms with Crippen molar-refractivity contribution in [2.75, 3.05) is 19.8 Å². The summed E-state index contributed by atoms with van der Waals surface area (Å²) in [6, 6.07) is 6.62. The highest BCUT2D eigenvalue weighted by Gasteiger charge is 2.19. The third kappa shape index (κ3) is 5.03. The number of benzene rings is 1. The molecule has 21 heavy (non-hydrogen) atoms.